The van der Waals surface area contributed by atoms with E-state index in [0.717, 1.165) is 47.7 Å². The van der Waals surface area contributed by atoms with Gasteiger partial charge in [0.25, 0.3) is 0 Å². The van der Waals surface area contributed by atoms with Crippen LogP contribution in [0.4, 0.5) is 5.82 Å². The molecule has 0 aliphatic rings. The van der Waals surface area contributed by atoms with Crippen LogP contribution in [0.15, 0.2) is 66.9 Å². The Balaban J connectivity index is 0.00000363. The Morgan fingerprint density at radius 1 is 0.938 bits per heavy atom. The standard InChI is InChI=1S/C25H29N3O3.Ca/c1-19(2)28(16-10-11-17-30-31-20(3)29)23-18-26-24(21-12-6-4-7-13-21)25(27-23)22-14-8-5-9-15-22;/h4-9,12-15,18-19H,10-11,16-17H2,1-3H3;. The number of unbranched alkanes of at least 4 members (excludes halogenated alkanes) is 1. The van der Waals surface area contributed by atoms with Crippen molar-refractivity contribution < 1.29 is 14.6 Å². The molecule has 32 heavy (non-hydrogen) atoms. The molecule has 0 aliphatic heterocycles. The molecule has 0 atom stereocenters. The van der Waals surface area contributed by atoms with Crippen LogP contribution in [-0.4, -0.2) is 72.9 Å². The Hall–Kier alpha value is -1.99. The molecule has 3 aromatic rings. The van der Waals surface area contributed by atoms with Gasteiger partial charge < -0.3 is 4.90 Å². The van der Waals surface area contributed by atoms with Gasteiger partial charge in [0, 0.05) is 68.4 Å². The van der Waals surface area contributed by atoms with Gasteiger partial charge >= 0.3 is 5.97 Å². The largest absolute Gasteiger partial charge is 0.353 e. The van der Waals surface area contributed by atoms with Crippen molar-refractivity contribution in [2.75, 3.05) is 18.1 Å². The van der Waals surface area contributed by atoms with Crippen LogP contribution in [0.25, 0.3) is 22.5 Å². The van der Waals surface area contributed by atoms with Gasteiger partial charge in [0.1, 0.15) is 5.82 Å². The van der Waals surface area contributed by atoms with Crippen LogP contribution in [-0.2, 0) is 14.6 Å². The molecular formula is C25H29CaN3O3. The number of hydrogen-bond acceptors (Lipinski definition) is 6. The van der Waals surface area contributed by atoms with Crippen LogP contribution in [0.1, 0.15) is 33.6 Å². The first-order valence-electron chi connectivity index (χ1n) is 10.6. The number of benzene rings is 2. The van der Waals surface area contributed by atoms with E-state index >= 15 is 0 Å². The first-order chi connectivity index (χ1) is 15.1. The summed E-state index contributed by atoms with van der Waals surface area (Å²) in [5.74, 6) is 0.403. The molecule has 164 valence electrons. The molecule has 0 fully saturated rings. The predicted octanol–water partition coefficient (Wildman–Crippen LogP) is 4.92. The van der Waals surface area contributed by atoms with Crippen LogP contribution in [0.3, 0.4) is 0 Å². The van der Waals surface area contributed by atoms with E-state index in [4.69, 9.17) is 14.9 Å². The molecule has 0 unspecified atom stereocenters. The second-order valence-corrected chi connectivity index (χ2v) is 7.55. The van der Waals surface area contributed by atoms with Gasteiger partial charge in [0.2, 0.25) is 0 Å². The van der Waals surface area contributed by atoms with Crippen LogP contribution in [0.5, 0.6) is 0 Å². The molecule has 1 aromatic heterocycles. The molecule has 0 amide bonds. The summed E-state index contributed by atoms with van der Waals surface area (Å²) in [6.07, 6.45) is 3.50. The molecule has 6 nitrogen and oxygen atoms in total. The Morgan fingerprint density at radius 2 is 1.53 bits per heavy atom. The SMILES string of the molecule is CC(=O)OOCCCCN(c1cnc(-c2ccccc2)c(-c2ccccc2)n1)C(C)C.[Ca]. The number of hydrogen-bond donors (Lipinski definition) is 0. The van der Waals surface area contributed by atoms with Crippen molar-refractivity contribution in [1.29, 1.82) is 0 Å². The molecule has 0 N–H and O–H groups in total. The summed E-state index contributed by atoms with van der Waals surface area (Å²) < 4.78 is 0. The molecule has 1 heterocycles. The van der Waals surface area contributed by atoms with Crippen LogP contribution in [0.2, 0.25) is 0 Å². The third kappa shape index (κ3) is 7.55. The smallest absolute Gasteiger partial charge is 0.339 e. The Bertz CT molecular complexity index is 969. The quantitative estimate of drug-likeness (QED) is 0.186. The summed E-state index contributed by atoms with van der Waals surface area (Å²) in [5.41, 5.74) is 3.82. The van der Waals surface area contributed by atoms with E-state index in [9.17, 15) is 4.79 Å². The summed E-state index contributed by atoms with van der Waals surface area (Å²) in [6.45, 7) is 6.78. The van der Waals surface area contributed by atoms with E-state index in [1.165, 1.54) is 6.92 Å². The van der Waals surface area contributed by atoms with E-state index in [2.05, 4.69) is 47.9 Å². The fourth-order valence-electron chi connectivity index (χ4n) is 3.33. The van der Waals surface area contributed by atoms with Crippen LogP contribution in [0, 0.1) is 0 Å². The number of carbonyl (C=O) groups is 1. The zero-order chi connectivity index (χ0) is 22.1. The van der Waals surface area contributed by atoms with Crippen molar-refractivity contribution in [1.82, 2.24) is 9.97 Å². The third-order valence-electron chi connectivity index (χ3n) is 4.82. The minimum atomic E-state index is -0.439. The summed E-state index contributed by atoms with van der Waals surface area (Å²) in [5, 5.41) is 0. The minimum Gasteiger partial charge on any atom is -0.353 e. The topological polar surface area (TPSA) is 64.6 Å². The van der Waals surface area contributed by atoms with Crippen molar-refractivity contribution in [3.63, 3.8) is 0 Å². The molecule has 0 bridgehead atoms. The van der Waals surface area contributed by atoms with Crippen molar-refractivity contribution in [3.05, 3.63) is 66.9 Å². The Labute approximate surface area is 219 Å². The number of nitrogens with zero attached hydrogens (tertiary/aromatic N) is 3. The number of aromatic nitrogens is 2. The van der Waals surface area contributed by atoms with Crippen molar-refractivity contribution in [3.8, 4) is 22.5 Å². The van der Waals surface area contributed by atoms with Gasteiger partial charge in [-0.1, -0.05) is 60.7 Å². The minimum absolute atomic E-state index is 0. The van der Waals surface area contributed by atoms with Crippen molar-refractivity contribution in [2.45, 2.75) is 39.7 Å². The molecule has 0 saturated heterocycles. The second kappa shape index (κ2) is 13.5. The molecule has 7 heteroatoms. The Kier molecular flexibility index (Phi) is 11.1. The summed E-state index contributed by atoms with van der Waals surface area (Å²) >= 11 is 0. The van der Waals surface area contributed by atoms with E-state index < -0.39 is 5.97 Å². The van der Waals surface area contributed by atoms with E-state index in [0.29, 0.717) is 6.61 Å². The second-order valence-electron chi connectivity index (χ2n) is 7.55. The van der Waals surface area contributed by atoms with Gasteiger partial charge in [-0.15, -0.1) is 0 Å². The third-order valence-corrected chi connectivity index (χ3v) is 4.82. The maximum atomic E-state index is 10.8. The molecule has 3 rings (SSSR count). The van der Waals surface area contributed by atoms with Crippen molar-refractivity contribution >= 4 is 49.5 Å². The molecule has 2 aromatic carbocycles. The number of rotatable bonds is 10. The zero-order valence-corrected chi connectivity index (χ0v) is 21.2. The number of anilines is 1. The van der Waals surface area contributed by atoms with E-state index in [-0.39, 0.29) is 43.8 Å². The van der Waals surface area contributed by atoms with Crippen LogP contribution >= 0.6 is 0 Å². The van der Waals surface area contributed by atoms with Gasteiger partial charge in [0.05, 0.1) is 24.2 Å². The zero-order valence-electron chi connectivity index (χ0n) is 19.0. The predicted molar refractivity (Wildman–Crippen MR) is 128 cm³/mol. The molecule has 0 spiro atoms. The monoisotopic (exact) mass is 459 g/mol. The van der Waals surface area contributed by atoms with Gasteiger partial charge in [-0.05, 0) is 26.7 Å². The Morgan fingerprint density at radius 3 is 2.09 bits per heavy atom. The maximum Gasteiger partial charge on any atom is 0.339 e. The fraction of sp³-hybridized carbons (Fsp3) is 0.320. The van der Waals surface area contributed by atoms with Gasteiger partial charge in [0.15, 0.2) is 0 Å². The molecule has 0 saturated carbocycles. The van der Waals surface area contributed by atoms with Gasteiger partial charge in [-0.2, -0.15) is 4.89 Å². The fourth-order valence-corrected chi connectivity index (χ4v) is 3.33. The van der Waals surface area contributed by atoms with Crippen LogP contribution < -0.4 is 4.90 Å². The molecule has 2 radical (unpaired) electrons. The summed E-state index contributed by atoms with van der Waals surface area (Å²) in [4.78, 5) is 32.3. The normalized spacial score (nSPS) is 10.5. The van der Waals surface area contributed by atoms with E-state index in [1.54, 1.807) is 0 Å². The first-order valence-corrected chi connectivity index (χ1v) is 10.6. The maximum absolute atomic E-state index is 10.8. The van der Waals surface area contributed by atoms with Crippen molar-refractivity contribution in [2.24, 2.45) is 0 Å². The average molecular weight is 460 g/mol. The molecular weight excluding hydrogens is 430 g/mol. The first kappa shape index (κ1) is 26.3. The summed E-state index contributed by atoms with van der Waals surface area (Å²) in [7, 11) is 0. The summed E-state index contributed by atoms with van der Waals surface area (Å²) in [6, 6.07) is 20.5. The van der Waals surface area contributed by atoms with E-state index in [1.807, 2.05) is 42.6 Å². The molecule has 0 aliphatic carbocycles. The average Bonchev–Trinajstić information content (AvgIpc) is 2.79. The number of carbonyl (C=O) groups excluding carboxylic acids is 1. The van der Waals surface area contributed by atoms with Gasteiger partial charge in [-0.25, -0.2) is 9.78 Å². The van der Waals surface area contributed by atoms with Gasteiger partial charge in [-0.3, -0.25) is 9.87 Å².